The highest BCUT2D eigenvalue weighted by Gasteiger charge is 2.07. The molecule has 0 fully saturated rings. The normalized spacial score (nSPS) is 15.1. The van der Waals surface area contributed by atoms with E-state index in [1.54, 1.807) is 7.11 Å². The molecule has 15 heavy (non-hydrogen) atoms. The smallest absolute Gasteiger partial charge is 0.124 e. The van der Waals surface area contributed by atoms with Gasteiger partial charge in [0.2, 0.25) is 0 Å². The molecule has 1 heterocycles. The van der Waals surface area contributed by atoms with E-state index in [1.807, 2.05) is 35.7 Å². The maximum Gasteiger partial charge on any atom is 0.124 e. The zero-order valence-corrected chi connectivity index (χ0v) is 10.2. The summed E-state index contributed by atoms with van der Waals surface area (Å²) in [5.41, 5.74) is 1.32. The maximum atomic E-state index is 5.11. The van der Waals surface area contributed by atoms with Gasteiger partial charge >= 0.3 is 0 Å². The maximum absolute atomic E-state index is 5.11. The summed E-state index contributed by atoms with van der Waals surface area (Å²) in [6, 6.07) is 8.21. The number of hydrogen-bond acceptors (Lipinski definition) is 4. The molecule has 0 aliphatic carbocycles. The van der Waals surface area contributed by atoms with Crippen molar-refractivity contribution in [2.24, 2.45) is 4.99 Å². The standard InChI is InChI=1S/C11H13NOS2/c1-13-10-4-2-9(3-5-10)8-15-11-12-6-7-14-11/h2-5H,6-8H2,1H3. The van der Waals surface area contributed by atoms with Gasteiger partial charge in [0.05, 0.1) is 13.7 Å². The highest BCUT2D eigenvalue weighted by atomic mass is 32.2. The first-order valence-electron chi connectivity index (χ1n) is 4.81. The quantitative estimate of drug-likeness (QED) is 0.809. The number of aliphatic imine (C=N–C) groups is 1. The van der Waals surface area contributed by atoms with Gasteiger partial charge in [-0.15, -0.1) is 0 Å². The molecule has 0 saturated carbocycles. The average Bonchev–Trinajstić information content (AvgIpc) is 2.80. The molecule has 4 heteroatoms. The van der Waals surface area contributed by atoms with E-state index in [4.69, 9.17) is 4.74 Å². The Morgan fingerprint density at radius 3 is 2.80 bits per heavy atom. The van der Waals surface area contributed by atoms with Crippen molar-refractivity contribution in [2.45, 2.75) is 5.75 Å². The summed E-state index contributed by atoms with van der Waals surface area (Å²) in [6.07, 6.45) is 0. The van der Waals surface area contributed by atoms with Gasteiger partial charge in [0.15, 0.2) is 0 Å². The van der Waals surface area contributed by atoms with Crippen LogP contribution in [-0.2, 0) is 5.75 Å². The zero-order chi connectivity index (χ0) is 10.5. The predicted molar refractivity (Wildman–Crippen MR) is 69.0 cm³/mol. The van der Waals surface area contributed by atoms with Crippen LogP contribution in [-0.4, -0.2) is 23.8 Å². The minimum Gasteiger partial charge on any atom is -0.497 e. The summed E-state index contributed by atoms with van der Waals surface area (Å²) < 4.78 is 6.34. The van der Waals surface area contributed by atoms with E-state index in [0.717, 1.165) is 23.8 Å². The zero-order valence-electron chi connectivity index (χ0n) is 8.60. The fourth-order valence-electron chi connectivity index (χ4n) is 1.27. The van der Waals surface area contributed by atoms with Crippen molar-refractivity contribution < 1.29 is 4.74 Å². The molecule has 2 nitrogen and oxygen atoms in total. The molecule has 0 bridgehead atoms. The molecular formula is C11H13NOS2. The van der Waals surface area contributed by atoms with E-state index in [2.05, 4.69) is 17.1 Å². The van der Waals surface area contributed by atoms with E-state index in [9.17, 15) is 0 Å². The Morgan fingerprint density at radius 2 is 2.20 bits per heavy atom. The lowest BCUT2D eigenvalue weighted by Gasteiger charge is -2.02. The fraction of sp³-hybridized carbons (Fsp3) is 0.364. The fourth-order valence-corrected chi connectivity index (χ4v) is 3.23. The van der Waals surface area contributed by atoms with Crippen molar-refractivity contribution in [3.05, 3.63) is 29.8 Å². The Kier molecular flexibility index (Phi) is 3.97. The molecule has 80 valence electrons. The van der Waals surface area contributed by atoms with Crippen molar-refractivity contribution in [3.63, 3.8) is 0 Å². The van der Waals surface area contributed by atoms with Crippen LogP contribution in [0.4, 0.5) is 0 Å². The van der Waals surface area contributed by atoms with Crippen LogP contribution in [0.3, 0.4) is 0 Å². The van der Waals surface area contributed by atoms with Gasteiger partial charge in [-0.25, -0.2) is 0 Å². The Bertz CT molecular complexity index is 348. The number of rotatable bonds is 3. The number of thioether (sulfide) groups is 2. The predicted octanol–water partition coefficient (Wildman–Crippen LogP) is 3.03. The molecule has 1 aromatic carbocycles. The van der Waals surface area contributed by atoms with Gasteiger partial charge in [0.1, 0.15) is 10.1 Å². The molecule has 1 aliphatic rings. The summed E-state index contributed by atoms with van der Waals surface area (Å²) in [5, 5.41) is 0. The minimum atomic E-state index is 0.913. The van der Waals surface area contributed by atoms with Crippen molar-refractivity contribution in [2.75, 3.05) is 19.4 Å². The van der Waals surface area contributed by atoms with E-state index < -0.39 is 0 Å². The first-order chi connectivity index (χ1) is 7.38. The van der Waals surface area contributed by atoms with Gasteiger partial charge in [0.25, 0.3) is 0 Å². The summed E-state index contributed by atoms with van der Waals surface area (Å²) in [5.74, 6) is 3.05. The Balaban J connectivity index is 1.87. The van der Waals surface area contributed by atoms with Gasteiger partial charge in [-0.05, 0) is 17.7 Å². The second kappa shape index (κ2) is 5.47. The van der Waals surface area contributed by atoms with Gasteiger partial charge in [0, 0.05) is 11.5 Å². The molecule has 1 aromatic rings. The largest absolute Gasteiger partial charge is 0.497 e. The average molecular weight is 239 g/mol. The lowest BCUT2D eigenvalue weighted by atomic mass is 10.2. The van der Waals surface area contributed by atoms with Crippen molar-refractivity contribution in [1.29, 1.82) is 0 Å². The number of ether oxygens (including phenoxy) is 1. The second-order valence-corrected chi connectivity index (χ2v) is 5.44. The van der Waals surface area contributed by atoms with Gasteiger partial charge in [-0.2, -0.15) is 0 Å². The molecule has 0 N–H and O–H groups in total. The molecule has 0 unspecified atom stereocenters. The van der Waals surface area contributed by atoms with E-state index in [-0.39, 0.29) is 0 Å². The molecular weight excluding hydrogens is 226 g/mol. The molecule has 2 rings (SSSR count). The monoisotopic (exact) mass is 239 g/mol. The third-order valence-electron chi connectivity index (χ3n) is 2.08. The van der Waals surface area contributed by atoms with Crippen LogP contribution < -0.4 is 4.74 Å². The molecule has 0 amide bonds. The molecule has 0 spiro atoms. The van der Waals surface area contributed by atoms with Gasteiger partial charge in [-0.1, -0.05) is 35.7 Å². The second-order valence-electron chi connectivity index (χ2n) is 3.13. The van der Waals surface area contributed by atoms with Gasteiger partial charge < -0.3 is 4.74 Å². The van der Waals surface area contributed by atoms with Crippen LogP contribution in [0, 0.1) is 0 Å². The SMILES string of the molecule is COc1ccc(CSC2=NCCS2)cc1. The Hall–Kier alpha value is -0.610. The van der Waals surface area contributed by atoms with Crippen molar-refractivity contribution in [1.82, 2.24) is 0 Å². The highest BCUT2D eigenvalue weighted by molar-refractivity contribution is 8.38. The number of nitrogens with zero attached hydrogens (tertiary/aromatic N) is 1. The molecule has 1 aliphatic heterocycles. The van der Waals surface area contributed by atoms with Crippen LogP contribution >= 0.6 is 23.5 Å². The lowest BCUT2D eigenvalue weighted by Crippen LogP contribution is -1.86. The molecule has 0 saturated heterocycles. The van der Waals surface area contributed by atoms with Crippen LogP contribution in [0.2, 0.25) is 0 Å². The minimum absolute atomic E-state index is 0.913. The number of hydrogen-bond donors (Lipinski definition) is 0. The highest BCUT2D eigenvalue weighted by Crippen LogP contribution is 2.25. The first kappa shape index (κ1) is 10.9. The van der Waals surface area contributed by atoms with E-state index in [1.165, 1.54) is 9.94 Å². The Morgan fingerprint density at radius 1 is 1.40 bits per heavy atom. The summed E-state index contributed by atoms with van der Waals surface area (Å²) in [4.78, 5) is 4.40. The topological polar surface area (TPSA) is 21.6 Å². The van der Waals surface area contributed by atoms with E-state index in [0.29, 0.717) is 0 Å². The summed E-state index contributed by atoms with van der Waals surface area (Å²) in [7, 11) is 1.69. The van der Waals surface area contributed by atoms with Gasteiger partial charge in [-0.3, -0.25) is 4.99 Å². The van der Waals surface area contributed by atoms with Crippen LogP contribution in [0.25, 0.3) is 0 Å². The van der Waals surface area contributed by atoms with Crippen LogP contribution in [0.15, 0.2) is 29.3 Å². The van der Waals surface area contributed by atoms with E-state index >= 15 is 0 Å². The molecule has 0 radical (unpaired) electrons. The van der Waals surface area contributed by atoms with Crippen LogP contribution in [0.5, 0.6) is 5.75 Å². The molecule has 0 atom stereocenters. The van der Waals surface area contributed by atoms with Crippen molar-refractivity contribution in [3.8, 4) is 5.75 Å². The third kappa shape index (κ3) is 3.18. The molecule has 0 aromatic heterocycles. The lowest BCUT2D eigenvalue weighted by molar-refractivity contribution is 0.414. The van der Waals surface area contributed by atoms with Crippen LogP contribution in [0.1, 0.15) is 5.56 Å². The van der Waals surface area contributed by atoms with Crippen molar-refractivity contribution >= 4 is 27.9 Å². The number of methoxy groups -OCH3 is 1. The third-order valence-corrected chi connectivity index (χ3v) is 4.40. The number of benzene rings is 1. The summed E-state index contributed by atoms with van der Waals surface area (Å²) in [6.45, 7) is 0.982. The Labute approximate surface area is 98.5 Å². The first-order valence-corrected chi connectivity index (χ1v) is 6.78. The summed E-state index contributed by atoms with van der Waals surface area (Å²) >= 11 is 3.68.